The summed E-state index contributed by atoms with van der Waals surface area (Å²) in [6.07, 6.45) is 13.3. The van der Waals surface area contributed by atoms with E-state index in [1.165, 1.54) is 12.2 Å². The predicted octanol–water partition coefficient (Wildman–Crippen LogP) is 3.49. The van der Waals surface area contributed by atoms with Gasteiger partial charge in [-0.2, -0.15) is 0 Å². The molecule has 2 aromatic carbocycles. The van der Waals surface area contributed by atoms with Crippen LogP contribution in [0.1, 0.15) is 11.1 Å². The van der Waals surface area contributed by atoms with E-state index in [0.29, 0.717) is 47.6 Å². The third-order valence-electron chi connectivity index (χ3n) is 6.83. The fourth-order valence-corrected chi connectivity index (χ4v) is 4.77. The van der Waals surface area contributed by atoms with Crippen molar-refractivity contribution in [2.45, 2.75) is 12.1 Å². The van der Waals surface area contributed by atoms with Crippen molar-refractivity contribution in [3.05, 3.63) is 71.8 Å². The lowest BCUT2D eigenvalue weighted by Gasteiger charge is -2.19. The third-order valence-corrected chi connectivity index (χ3v) is 6.83. The second kappa shape index (κ2) is 16.7. The highest BCUT2D eigenvalue weighted by atomic mass is 16.5. The summed E-state index contributed by atoms with van der Waals surface area (Å²) in [6, 6.07) is 6.75. The van der Waals surface area contributed by atoms with Gasteiger partial charge in [-0.1, -0.05) is 36.5 Å². The molecule has 0 spiro atoms. The lowest BCUT2D eigenvalue weighted by atomic mass is 10.1. The van der Waals surface area contributed by atoms with E-state index in [2.05, 4.69) is 15.5 Å². The smallest absolute Gasteiger partial charge is 0.244 e. The van der Waals surface area contributed by atoms with Crippen LogP contribution < -0.4 is 39.1 Å². The normalized spacial score (nSPS) is 17.0. The summed E-state index contributed by atoms with van der Waals surface area (Å²) in [5.41, 5.74) is 1.63. The molecule has 2 aromatic rings. The summed E-state index contributed by atoms with van der Waals surface area (Å²) in [5, 5.41) is 5.98. The van der Waals surface area contributed by atoms with Gasteiger partial charge in [-0.25, -0.2) is 0 Å². The molecule has 1 fully saturated rings. The zero-order valence-corrected chi connectivity index (χ0v) is 26.2. The molecule has 0 unspecified atom stereocenters. The fourth-order valence-electron chi connectivity index (χ4n) is 4.77. The van der Waals surface area contributed by atoms with Crippen LogP contribution in [0.4, 0.5) is 0 Å². The van der Waals surface area contributed by atoms with E-state index in [0.717, 1.165) is 11.1 Å². The third kappa shape index (κ3) is 9.05. The number of nitrogens with one attached hydrogen (secondary N) is 2. The van der Waals surface area contributed by atoms with Crippen molar-refractivity contribution in [2.75, 3.05) is 62.8 Å². The van der Waals surface area contributed by atoms with Crippen LogP contribution in [0.25, 0.3) is 12.2 Å². The Bertz CT molecular complexity index is 1260. The molecular weight excluding hydrogens is 566 g/mol. The molecule has 2 N–H and O–H groups in total. The lowest BCUT2D eigenvalue weighted by molar-refractivity contribution is -0.119. The van der Waals surface area contributed by atoms with Gasteiger partial charge in [-0.05, 0) is 42.4 Å². The molecule has 44 heavy (non-hydrogen) atoms. The van der Waals surface area contributed by atoms with E-state index in [9.17, 15) is 9.59 Å². The van der Waals surface area contributed by atoms with Crippen LogP contribution in [-0.4, -0.2) is 91.6 Å². The Balaban J connectivity index is 1.56. The average molecular weight is 608 g/mol. The first kappa shape index (κ1) is 33.6. The van der Waals surface area contributed by atoms with Gasteiger partial charge in [0.1, 0.15) is 0 Å². The molecule has 11 nitrogen and oxygen atoms in total. The maximum absolute atomic E-state index is 12.6. The zero-order chi connectivity index (χ0) is 32.1. The Labute approximate surface area is 258 Å². The molecule has 0 bridgehead atoms. The molecule has 0 aromatic heterocycles. The SMILES string of the molecule is COc1cc(C=CC=CC(=O)N[C@H]2CN(C)C[C@@H]2NC(=O)C=CC=Cc2cc(OC)c(OC)c(OC)c2)cc(OC)c1OC. The van der Waals surface area contributed by atoms with Crippen molar-refractivity contribution >= 4 is 24.0 Å². The number of nitrogens with zero attached hydrogens (tertiary/aromatic N) is 1. The molecule has 1 aliphatic heterocycles. The number of likely N-dealkylation sites (tertiary alicyclic amines) is 1. The van der Waals surface area contributed by atoms with Crippen LogP contribution >= 0.6 is 0 Å². The number of rotatable bonds is 14. The van der Waals surface area contributed by atoms with Crippen LogP contribution in [0.15, 0.2) is 60.7 Å². The Morgan fingerprint density at radius 1 is 0.614 bits per heavy atom. The molecule has 1 heterocycles. The van der Waals surface area contributed by atoms with Gasteiger partial charge < -0.3 is 44.0 Å². The maximum Gasteiger partial charge on any atom is 0.244 e. The summed E-state index contributed by atoms with van der Waals surface area (Å²) in [5.74, 6) is 2.64. The van der Waals surface area contributed by atoms with Crippen LogP contribution in [0.3, 0.4) is 0 Å². The average Bonchev–Trinajstić information content (AvgIpc) is 3.37. The summed E-state index contributed by atoms with van der Waals surface area (Å²) in [7, 11) is 11.2. The van der Waals surface area contributed by atoms with E-state index in [1.54, 1.807) is 67.0 Å². The molecule has 2 atom stereocenters. The number of likely N-dealkylation sites (N-methyl/N-ethyl adjacent to an activating group) is 1. The fraction of sp³-hybridized carbons (Fsp3) is 0.333. The molecule has 1 aliphatic rings. The molecule has 0 saturated carbocycles. The van der Waals surface area contributed by atoms with Crippen molar-refractivity contribution in [2.24, 2.45) is 0 Å². The highest BCUT2D eigenvalue weighted by Gasteiger charge is 2.32. The molecule has 3 rings (SSSR count). The number of ether oxygens (including phenoxy) is 6. The van der Waals surface area contributed by atoms with Crippen molar-refractivity contribution in [1.29, 1.82) is 0 Å². The van der Waals surface area contributed by atoms with E-state index >= 15 is 0 Å². The van der Waals surface area contributed by atoms with Gasteiger partial charge in [0.15, 0.2) is 23.0 Å². The molecule has 11 heteroatoms. The van der Waals surface area contributed by atoms with Crippen molar-refractivity contribution in [1.82, 2.24) is 15.5 Å². The topological polar surface area (TPSA) is 117 Å². The number of carbonyl (C=O) groups is 2. The van der Waals surface area contributed by atoms with Gasteiger partial charge in [-0.15, -0.1) is 0 Å². The van der Waals surface area contributed by atoms with Crippen molar-refractivity contribution in [3.63, 3.8) is 0 Å². The maximum atomic E-state index is 12.6. The minimum atomic E-state index is -0.261. The predicted molar refractivity (Wildman–Crippen MR) is 170 cm³/mol. The monoisotopic (exact) mass is 607 g/mol. The molecular formula is C33H41N3O8. The first-order chi connectivity index (χ1) is 21.3. The molecule has 2 amide bonds. The van der Waals surface area contributed by atoms with Crippen LogP contribution in [-0.2, 0) is 9.59 Å². The molecule has 236 valence electrons. The zero-order valence-electron chi connectivity index (χ0n) is 26.2. The Kier molecular flexibility index (Phi) is 12.7. The number of methoxy groups -OCH3 is 6. The van der Waals surface area contributed by atoms with Gasteiger partial charge in [0, 0.05) is 25.2 Å². The van der Waals surface area contributed by atoms with Crippen LogP contribution in [0, 0.1) is 0 Å². The van der Waals surface area contributed by atoms with Crippen LogP contribution in [0.2, 0.25) is 0 Å². The number of hydrogen-bond donors (Lipinski definition) is 2. The van der Waals surface area contributed by atoms with E-state index in [-0.39, 0.29) is 23.9 Å². The highest BCUT2D eigenvalue weighted by Crippen LogP contribution is 2.39. The second-order valence-corrected chi connectivity index (χ2v) is 9.81. The summed E-state index contributed by atoms with van der Waals surface area (Å²) >= 11 is 0. The Morgan fingerprint density at radius 2 is 0.955 bits per heavy atom. The van der Waals surface area contributed by atoms with E-state index in [4.69, 9.17) is 28.4 Å². The van der Waals surface area contributed by atoms with E-state index < -0.39 is 0 Å². The molecule has 0 aliphatic carbocycles. The van der Waals surface area contributed by atoms with Gasteiger partial charge >= 0.3 is 0 Å². The molecule has 1 saturated heterocycles. The minimum Gasteiger partial charge on any atom is -0.493 e. The quantitative estimate of drug-likeness (QED) is 0.246. The lowest BCUT2D eigenvalue weighted by Crippen LogP contribution is -2.50. The largest absolute Gasteiger partial charge is 0.493 e. The molecule has 0 radical (unpaired) electrons. The number of amides is 2. The van der Waals surface area contributed by atoms with Gasteiger partial charge in [0.25, 0.3) is 0 Å². The first-order valence-corrected chi connectivity index (χ1v) is 13.9. The van der Waals surface area contributed by atoms with Crippen molar-refractivity contribution < 1.29 is 38.0 Å². The number of carbonyl (C=O) groups excluding carboxylic acids is 2. The van der Waals surface area contributed by atoms with Gasteiger partial charge in [0.05, 0.1) is 54.7 Å². The van der Waals surface area contributed by atoms with Crippen molar-refractivity contribution in [3.8, 4) is 34.5 Å². The van der Waals surface area contributed by atoms with Crippen LogP contribution in [0.5, 0.6) is 34.5 Å². The Hall–Kier alpha value is -4.90. The summed E-state index contributed by atoms with van der Waals surface area (Å²) < 4.78 is 32.2. The minimum absolute atomic E-state index is 0.247. The summed E-state index contributed by atoms with van der Waals surface area (Å²) in [4.78, 5) is 27.3. The Morgan fingerprint density at radius 3 is 1.25 bits per heavy atom. The second-order valence-electron chi connectivity index (χ2n) is 9.81. The number of benzene rings is 2. The highest BCUT2D eigenvalue weighted by molar-refractivity contribution is 5.89. The summed E-state index contributed by atoms with van der Waals surface area (Å²) in [6.45, 7) is 1.22. The van der Waals surface area contributed by atoms with Gasteiger partial charge in [-0.3, -0.25) is 9.59 Å². The number of hydrogen-bond acceptors (Lipinski definition) is 9. The standard InChI is InChI=1S/C33H41N3O8/c1-36-20-24(34-30(37)14-10-8-12-22-16-26(39-2)32(43-6)27(17-22)40-3)25(21-36)35-31(38)15-11-9-13-23-18-28(41-4)33(44-7)29(19-23)42-5/h8-19,24-25H,20-21H2,1-7H3,(H,34,37)(H,35,38)/t24-,25-/m0/s1. The number of allylic oxidation sites excluding steroid dienone is 4. The van der Waals surface area contributed by atoms with E-state index in [1.807, 2.05) is 43.5 Å². The van der Waals surface area contributed by atoms with Gasteiger partial charge in [0.2, 0.25) is 23.3 Å². The first-order valence-electron chi connectivity index (χ1n) is 13.9.